The standard InChI is InChI=1S/C26H20FN3O3/c1-14(2)24-23(15-3-7-18(27)8-4-15)20-11-17-13-28-29-22(17)12-21(20)25(31)30(24)19-9-5-16(6-10-19)26(32)33/h3-14H,1-2H3,(H,28,29)(H,32,33). The highest BCUT2D eigenvalue weighted by atomic mass is 19.1. The Morgan fingerprint density at radius 2 is 1.73 bits per heavy atom. The number of hydrogen-bond acceptors (Lipinski definition) is 3. The molecule has 0 radical (unpaired) electrons. The van der Waals surface area contributed by atoms with E-state index in [4.69, 9.17) is 0 Å². The molecule has 0 aliphatic heterocycles. The number of pyridine rings is 1. The number of nitrogens with one attached hydrogen (secondary N) is 1. The highest BCUT2D eigenvalue weighted by molar-refractivity contribution is 6.04. The summed E-state index contributed by atoms with van der Waals surface area (Å²) in [6.07, 6.45) is 1.70. The molecule has 164 valence electrons. The lowest BCUT2D eigenvalue weighted by atomic mass is 9.91. The number of carboxylic acid groups (broad SMARTS) is 1. The minimum absolute atomic E-state index is 0.0682. The molecule has 0 amide bonds. The number of hydrogen-bond donors (Lipinski definition) is 2. The predicted octanol–water partition coefficient (Wildman–Crippen LogP) is 5.49. The van der Waals surface area contributed by atoms with E-state index in [0.29, 0.717) is 11.1 Å². The topological polar surface area (TPSA) is 88.0 Å². The quantitative estimate of drug-likeness (QED) is 0.386. The minimum atomic E-state index is -1.04. The van der Waals surface area contributed by atoms with Crippen molar-refractivity contribution in [1.29, 1.82) is 0 Å². The molecule has 2 N–H and O–H groups in total. The van der Waals surface area contributed by atoms with Crippen molar-refractivity contribution < 1.29 is 14.3 Å². The maximum atomic E-state index is 13.8. The van der Waals surface area contributed by atoms with E-state index < -0.39 is 5.97 Å². The van der Waals surface area contributed by atoms with Crippen LogP contribution in [0.2, 0.25) is 0 Å². The molecule has 0 fully saturated rings. The van der Waals surface area contributed by atoms with Gasteiger partial charge in [0.15, 0.2) is 0 Å². The number of aromatic carboxylic acids is 1. The lowest BCUT2D eigenvalue weighted by molar-refractivity contribution is 0.0697. The van der Waals surface area contributed by atoms with Gasteiger partial charge in [-0.1, -0.05) is 26.0 Å². The van der Waals surface area contributed by atoms with Gasteiger partial charge < -0.3 is 5.11 Å². The van der Waals surface area contributed by atoms with Gasteiger partial charge in [-0.05, 0) is 65.4 Å². The Labute approximate surface area is 187 Å². The van der Waals surface area contributed by atoms with Crippen LogP contribution in [-0.4, -0.2) is 25.8 Å². The molecule has 7 heteroatoms. The van der Waals surface area contributed by atoms with Gasteiger partial charge >= 0.3 is 5.97 Å². The van der Waals surface area contributed by atoms with Crippen LogP contribution < -0.4 is 5.56 Å². The van der Waals surface area contributed by atoms with Gasteiger partial charge in [-0.3, -0.25) is 14.5 Å². The van der Waals surface area contributed by atoms with Crippen LogP contribution in [0.15, 0.2) is 71.7 Å². The number of rotatable bonds is 4. The summed E-state index contributed by atoms with van der Waals surface area (Å²) in [6, 6.07) is 16.1. The SMILES string of the molecule is CC(C)c1c(-c2ccc(F)cc2)c2cc3cn[nH]c3cc2c(=O)n1-c1ccc(C(=O)O)cc1. The third kappa shape index (κ3) is 3.38. The van der Waals surface area contributed by atoms with Gasteiger partial charge in [-0.25, -0.2) is 9.18 Å². The second-order valence-electron chi connectivity index (χ2n) is 8.27. The first-order valence-corrected chi connectivity index (χ1v) is 10.5. The second kappa shape index (κ2) is 7.70. The van der Waals surface area contributed by atoms with Gasteiger partial charge in [0.1, 0.15) is 5.82 Å². The summed E-state index contributed by atoms with van der Waals surface area (Å²) in [5, 5.41) is 18.4. The van der Waals surface area contributed by atoms with E-state index in [1.165, 1.54) is 24.3 Å². The van der Waals surface area contributed by atoms with Crippen molar-refractivity contribution in [2.45, 2.75) is 19.8 Å². The molecule has 2 heterocycles. The molecular formula is C26H20FN3O3. The maximum Gasteiger partial charge on any atom is 0.335 e. The zero-order valence-electron chi connectivity index (χ0n) is 18.0. The first-order valence-electron chi connectivity index (χ1n) is 10.5. The molecule has 5 aromatic rings. The summed E-state index contributed by atoms with van der Waals surface area (Å²) >= 11 is 0. The fourth-order valence-corrected chi connectivity index (χ4v) is 4.33. The smallest absolute Gasteiger partial charge is 0.335 e. The summed E-state index contributed by atoms with van der Waals surface area (Å²) in [7, 11) is 0. The molecule has 0 saturated heterocycles. The van der Waals surface area contributed by atoms with Gasteiger partial charge in [0.25, 0.3) is 5.56 Å². The second-order valence-corrected chi connectivity index (χ2v) is 8.27. The number of halogens is 1. The predicted molar refractivity (Wildman–Crippen MR) is 126 cm³/mol. The number of aromatic nitrogens is 3. The van der Waals surface area contributed by atoms with Crippen molar-refractivity contribution in [3.63, 3.8) is 0 Å². The lowest BCUT2D eigenvalue weighted by Crippen LogP contribution is -2.24. The molecule has 0 aliphatic rings. The molecule has 0 bridgehead atoms. The number of benzene rings is 3. The molecule has 2 aromatic heterocycles. The molecule has 33 heavy (non-hydrogen) atoms. The fraction of sp³-hybridized carbons (Fsp3) is 0.115. The van der Waals surface area contributed by atoms with E-state index in [0.717, 1.165) is 33.1 Å². The van der Waals surface area contributed by atoms with Crippen molar-refractivity contribution in [3.05, 3.63) is 94.3 Å². The van der Waals surface area contributed by atoms with Crippen molar-refractivity contribution in [2.75, 3.05) is 0 Å². The number of fused-ring (bicyclic) bond motifs is 2. The molecule has 0 spiro atoms. The lowest BCUT2D eigenvalue weighted by Gasteiger charge is -2.23. The van der Waals surface area contributed by atoms with Gasteiger partial charge in [0.05, 0.1) is 22.7 Å². The molecule has 0 saturated carbocycles. The maximum absolute atomic E-state index is 13.8. The average molecular weight is 441 g/mol. The van der Waals surface area contributed by atoms with Crippen molar-refractivity contribution in [1.82, 2.24) is 14.8 Å². The van der Waals surface area contributed by atoms with E-state index in [1.54, 1.807) is 41.1 Å². The van der Waals surface area contributed by atoms with Crippen molar-refractivity contribution in [2.24, 2.45) is 0 Å². The summed E-state index contributed by atoms with van der Waals surface area (Å²) in [5.74, 6) is -1.45. The monoisotopic (exact) mass is 441 g/mol. The van der Waals surface area contributed by atoms with Crippen molar-refractivity contribution in [3.8, 4) is 16.8 Å². The summed E-state index contributed by atoms with van der Waals surface area (Å²) < 4.78 is 15.4. The third-order valence-electron chi connectivity index (χ3n) is 5.83. The fourth-order valence-electron chi connectivity index (χ4n) is 4.33. The van der Waals surface area contributed by atoms with E-state index in [2.05, 4.69) is 10.2 Å². The Kier molecular flexibility index (Phi) is 4.82. The van der Waals surface area contributed by atoms with Crippen LogP contribution in [0.4, 0.5) is 4.39 Å². The van der Waals surface area contributed by atoms with Gasteiger partial charge in [-0.15, -0.1) is 0 Å². The van der Waals surface area contributed by atoms with Gasteiger partial charge in [0, 0.05) is 22.3 Å². The van der Waals surface area contributed by atoms with Crippen LogP contribution in [0, 0.1) is 5.82 Å². The van der Waals surface area contributed by atoms with Crippen LogP contribution in [0.3, 0.4) is 0 Å². The van der Waals surface area contributed by atoms with Crippen LogP contribution in [0.5, 0.6) is 0 Å². The third-order valence-corrected chi connectivity index (χ3v) is 5.83. The largest absolute Gasteiger partial charge is 0.478 e. The number of carboxylic acids is 1. The van der Waals surface area contributed by atoms with Crippen LogP contribution >= 0.6 is 0 Å². The Hall–Kier alpha value is -4.26. The van der Waals surface area contributed by atoms with Crippen LogP contribution in [-0.2, 0) is 0 Å². The molecular weight excluding hydrogens is 421 g/mol. The Balaban J connectivity index is 1.95. The molecule has 6 nitrogen and oxygen atoms in total. The van der Waals surface area contributed by atoms with E-state index in [9.17, 15) is 19.1 Å². The first kappa shape index (κ1) is 20.6. The van der Waals surface area contributed by atoms with Gasteiger partial charge in [0.2, 0.25) is 0 Å². The summed E-state index contributed by atoms with van der Waals surface area (Å²) in [5.41, 5.74) is 3.56. The number of H-pyrrole nitrogens is 1. The van der Waals surface area contributed by atoms with E-state index in [1.807, 2.05) is 19.9 Å². The molecule has 5 rings (SSSR count). The number of aromatic amines is 1. The highest BCUT2D eigenvalue weighted by Gasteiger charge is 2.22. The minimum Gasteiger partial charge on any atom is -0.478 e. The van der Waals surface area contributed by atoms with Crippen molar-refractivity contribution >= 4 is 27.6 Å². The molecule has 0 atom stereocenters. The van der Waals surface area contributed by atoms with Gasteiger partial charge in [-0.2, -0.15) is 5.10 Å². The van der Waals surface area contributed by atoms with E-state index in [-0.39, 0.29) is 22.9 Å². The molecule has 0 aliphatic carbocycles. The Bertz CT molecular complexity index is 1580. The Morgan fingerprint density at radius 1 is 1.03 bits per heavy atom. The summed E-state index contributed by atoms with van der Waals surface area (Å²) in [4.78, 5) is 25.2. The van der Waals surface area contributed by atoms with E-state index >= 15 is 0 Å². The zero-order valence-corrected chi connectivity index (χ0v) is 18.0. The Morgan fingerprint density at radius 3 is 2.36 bits per heavy atom. The highest BCUT2D eigenvalue weighted by Crippen LogP contribution is 2.37. The zero-order chi connectivity index (χ0) is 23.3. The number of carbonyl (C=O) groups is 1. The van der Waals surface area contributed by atoms with Crippen LogP contribution in [0.1, 0.15) is 35.8 Å². The number of nitrogens with zero attached hydrogens (tertiary/aromatic N) is 2. The normalized spacial score (nSPS) is 11.5. The average Bonchev–Trinajstić information content (AvgIpc) is 3.26. The summed E-state index contributed by atoms with van der Waals surface area (Å²) in [6.45, 7) is 3.98. The first-order chi connectivity index (χ1) is 15.8. The van der Waals surface area contributed by atoms with Crippen LogP contribution in [0.25, 0.3) is 38.5 Å². The molecule has 0 unspecified atom stereocenters. The molecule has 3 aromatic carbocycles.